The van der Waals surface area contributed by atoms with E-state index in [1.54, 1.807) is 12.1 Å². The fourth-order valence-corrected chi connectivity index (χ4v) is 1.02. The van der Waals surface area contributed by atoms with Gasteiger partial charge < -0.3 is 5.11 Å². The molecule has 3 nitrogen and oxygen atoms in total. The van der Waals surface area contributed by atoms with Crippen LogP contribution in [0, 0.1) is 0 Å². The molecule has 4 heteroatoms. The predicted octanol–water partition coefficient (Wildman–Crippen LogP) is 2.16. The Labute approximate surface area is 85.6 Å². The minimum atomic E-state index is -1.01. The van der Waals surface area contributed by atoms with Gasteiger partial charge in [0.25, 0.3) is 5.24 Å². The second kappa shape index (κ2) is 4.58. The van der Waals surface area contributed by atoms with Crippen molar-refractivity contribution >= 4 is 28.9 Å². The van der Waals surface area contributed by atoms with Crippen molar-refractivity contribution in [3.63, 3.8) is 0 Å². The number of carboxylic acid groups (broad SMARTS) is 1. The van der Waals surface area contributed by atoms with Crippen molar-refractivity contribution in [1.82, 2.24) is 0 Å². The Balaban J connectivity index is 2.83. The van der Waals surface area contributed by atoms with E-state index in [-0.39, 0.29) is 0 Å². The van der Waals surface area contributed by atoms with Crippen LogP contribution < -0.4 is 0 Å². The predicted molar refractivity (Wildman–Crippen MR) is 53.3 cm³/mol. The van der Waals surface area contributed by atoms with Gasteiger partial charge >= 0.3 is 5.97 Å². The summed E-state index contributed by atoms with van der Waals surface area (Å²) in [5, 5.41) is 7.83. The van der Waals surface area contributed by atoms with E-state index in [0.29, 0.717) is 11.1 Å². The van der Waals surface area contributed by atoms with Crippen LogP contribution in [0.2, 0.25) is 0 Å². The number of hydrogen-bond donors (Lipinski definition) is 1. The number of carboxylic acids is 1. The Hall–Kier alpha value is -1.61. The topological polar surface area (TPSA) is 54.4 Å². The lowest BCUT2D eigenvalue weighted by atomic mass is 10.1. The number of aliphatic carboxylic acids is 1. The first-order chi connectivity index (χ1) is 6.59. The molecule has 0 saturated carbocycles. The van der Waals surface area contributed by atoms with Crippen molar-refractivity contribution in [2.75, 3.05) is 0 Å². The molecule has 1 N–H and O–H groups in total. The van der Waals surface area contributed by atoms with Crippen LogP contribution >= 0.6 is 11.6 Å². The van der Waals surface area contributed by atoms with Crippen LogP contribution in [0.25, 0.3) is 6.08 Å². The number of carbonyl (C=O) groups excluding carboxylic acids is 1. The van der Waals surface area contributed by atoms with E-state index in [0.717, 1.165) is 6.08 Å². The highest BCUT2D eigenvalue weighted by atomic mass is 35.5. The number of hydrogen-bond acceptors (Lipinski definition) is 2. The molecule has 0 aliphatic rings. The van der Waals surface area contributed by atoms with Crippen molar-refractivity contribution in [3.05, 3.63) is 41.5 Å². The highest BCUT2D eigenvalue weighted by Crippen LogP contribution is 2.08. The molecule has 1 aromatic carbocycles. The Kier molecular flexibility index (Phi) is 3.42. The molecule has 0 aliphatic carbocycles. The minimum Gasteiger partial charge on any atom is -0.478 e. The van der Waals surface area contributed by atoms with Gasteiger partial charge in [-0.1, -0.05) is 12.1 Å². The zero-order valence-corrected chi connectivity index (χ0v) is 7.86. The molecule has 0 radical (unpaired) electrons. The first kappa shape index (κ1) is 10.5. The van der Waals surface area contributed by atoms with E-state index >= 15 is 0 Å². The quantitative estimate of drug-likeness (QED) is 0.615. The van der Waals surface area contributed by atoms with Crippen LogP contribution in [-0.2, 0) is 4.79 Å². The number of carbonyl (C=O) groups is 2. The monoisotopic (exact) mass is 210 g/mol. The number of halogens is 1. The Morgan fingerprint density at radius 2 is 1.79 bits per heavy atom. The fourth-order valence-electron chi connectivity index (χ4n) is 0.893. The van der Waals surface area contributed by atoms with Gasteiger partial charge in [0.05, 0.1) is 0 Å². The molecule has 0 aromatic heterocycles. The third-order valence-corrected chi connectivity index (χ3v) is 1.77. The third kappa shape index (κ3) is 3.03. The summed E-state index contributed by atoms with van der Waals surface area (Å²) in [6, 6.07) is 6.32. The molecular formula is C10H7ClO3. The summed E-state index contributed by atoms with van der Waals surface area (Å²) in [5.41, 5.74) is 1.09. The minimum absolute atomic E-state index is 0.388. The third-order valence-electron chi connectivity index (χ3n) is 1.56. The largest absolute Gasteiger partial charge is 0.478 e. The Bertz CT molecular complexity index is 379. The van der Waals surface area contributed by atoms with Gasteiger partial charge in [-0.2, -0.15) is 0 Å². The van der Waals surface area contributed by atoms with Gasteiger partial charge in [0.15, 0.2) is 0 Å². The highest BCUT2D eigenvalue weighted by molar-refractivity contribution is 6.67. The van der Waals surface area contributed by atoms with Gasteiger partial charge in [-0.3, -0.25) is 4.79 Å². The van der Waals surface area contributed by atoms with Crippen molar-refractivity contribution < 1.29 is 14.7 Å². The highest BCUT2D eigenvalue weighted by Gasteiger charge is 1.99. The maximum absolute atomic E-state index is 10.7. The summed E-state index contributed by atoms with van der Waals surface area (Å²) >= 11 is 5.23. The molecule has 14 heavy (non-hydrogen) atoms. The molecule has 0 atom stereocenters. The molecule has 0 saturated heterocycles. The van der Waals surface area contributed by atoms with E-state index < -0.39 is 11.2 Å². The summed E-state index contributed by atoms with van der Waals surface area (Å²) < 4.78 is 0. The molecule has 0 amide bonds. The molecule has 0 unspecified atom stereocenters. The van der Waals surface area contributed by atoms with Gasteiger partial charge in [0.1, 0.15) is 0 Å². The zero-order chi connectivity index (χ0) is 10.6. The van der Waals surface area contributed by atoms with Crippen LogP contribution in [0.5, 0.6) is 0 Å². The maximum Gasteiger partial charge on any atom is 0.328 e. The summed E-state index contributed by atoms with van der Waals surface area (Å²) in [6.07, 6.45) is 2.46. The molecule has 0 spiro atoms. The number of rotatable bonds is 3. The van der Waals surface area contributed by atoms with Crippen molar-refractivity contribution in [2.45, 2.75) is 0 Å². The second-order valence-electron chi connectivity index (χ2n) is 2.57. The average Bonchev–Trinajstić information content (AvgIpc) is 2.15. The normalized spacial score (nSPS) is 10.4. The van der Waals surface area contributed by atoms with Crippen LogP contribution in [0.15, 0.2) is 30.3 Å². The molecule has 0 aliphatic heterocycles. The van der Waals surface area contributed by atoms with Gasteiger partial charge in [0, 0.05) is 11.6 Å². The Morgan fingerprint density at radius 3 is 2.21 bits per heavy atom. The lowest BCUT2D eigenvalue weighted by molar-refractivity contribution is -0.131. The zero-order valence-electron chi connectivity index (χ0n) is 7.11. The molecule has 1 aromatic rings. The van der Waals surface area contributed by atoms with Crippen molar-refractivity contribution in [1.29, 1.82) is 0 Å². The smallest absolute Gasteiger partial charge is 0.328 e. The molecule has 0 fully saturated rings. The van der Waals surface area contributed by atoms with E-state index in [4.69, 9.17) is 16.7 Å². The van der Waals surface area contributed by atoms with Crippen molar-refractivity contribution in [3.8, 4) is 0 Å². The molecular weight excluding hydrogens is 204 g/mol. The first-order valence-electron chi connectivity index (χ1n) is 3.80. The fraction of sp³-hybridized carbons (Fsp3) is 0. The first-order valence-corrected chi connectivity index (χ1v) is 4.18. The van der Waals surface area contributed by atoms with Gasteiger partial charge in [-0.25, -0.2) is 4.79 Å². The van der Waals surface area contributed by atoms with Crippen LogP contribution in [-0.4, -0.2) is 16.3 Å². The SMILES string of the molecule is O=C(O)C=Cc1ccc(C(=O)Cl)cc1. The van der Waals surface area contributed by atoms with Gasteiger partial charge in [-0.15, -0.1) is 0 Å². The number of benzene rings is 1. The van der Waals surface area contributed by atoms with Gasteiger partial charge in [-0.05, 0) is 35.4 Å². The van der Waals surface area contributed by atoms with Crippen LogP contribution in [0.4, 0.5) is 0 Å². The summed E-state index contributed by atoms with van der Waals surface area (Å²) in [6.45, 7) is 0. The summed E-state index contributed by atoms with van der Waals surface area (Å²) in [5.74, 6) is -1.01. The van der Waals surface area contributed by atoms with Crippen LogP contribution in [0.1, 0.15) is 15.9 Å². The lowest BCUT2D eigenvalue weighted by Crippen LogP contribution is -1.88. The van der Waals surface area contributed by atoms with Crippen molar-refractivity contribution in [2.24, 2.45) is 0 Å². The van der Waals surface area contributed by atoms with Gasteiger partial charge in [0.2, 0.25) is 0 Å². The maximum atomic E-state index is 10.7. The van der Waals surface area contributed by atoms with E-state index in [1.807, 2.05) is 0 Å². The summed E-state index contributed by atoms with van der Waals surface area (Å²) in [4.78, 5) is 20.9. The summed E-state index contributed by atoms with van der Waals surface area (Å²) in [7, 11) is 0. The standard InChI is InChI=1S/C10H7ClO3/c11-10(14)8-4-1-7(2-5-8)3-6-9(12)13/h1-6H,(H,12,13). The molecule has 0 bridgehead atoms. The van der Waals surface area contributed by atoms with E-state index in [1.165, 1.54) is 18.2 Å². The molecule has 0 heterocycles. The molecule has 72 valence electrons. The Morgan fingerprint density at radius 1 is 1.21 bits per heavy atom. The lowest BCUT2D eigenvalue weighted by Gasteiger charge is -1.94. The molecule has 1 rings (SSSR count). The average molecular weight is 211 g/mol. The van der Waals surface area contributed by atoms with E-state index in [9.17, 15) is 9.59 Å². The van der Waals surface area contributed by atoms with Crippen LogP contribution in [0.3, 0.4) is 0 Å². The second-order valence-corrected chi connectivity index (χ2v) is 2.91. The van der Waals surface area contributed by atoms with E-state index in [2.05, 4.69) is 0 Å².